The minimum absolute atomic E-state index is 0.168. The van der Waals surface area contributed by atoms with Crippen LogP contribution in [0.5, 0.6) is 0 Å². The zero-order valence-electron chi connectivity index (χ0n) is 14.4. The number of hydrogen-bond donors (Lipinski definition) is 1. The molecular formula is C18H19F2N3O3S. The molecule has 1 amide bonds. The molecule has 1 fully saturated rings. The first-order valence-corrected chi connectivity index (χ1v) is 10.1. The molecule has 0 spiro atoms. The zero-order chi connectivity index (χ0) is 19.4. The predicted molar refractivity (Wildman–Crippen MR) is 96.0 cm³/mol. The van der Waals surface area contributed by atoms with E-state index < -0.39 is 21.3 Å². The van der Waals surface area contributed by atoms with E-state index in [-0.39, 0.29) is 17.5 Å². The maximum atomic E-state index is 12.9. The van der Waals surface area contributed by atoms with Gasteiger partial charge < -0.3 is 10.2 Å². The van der Waals surface area contributed by atoms with E-state index in [4.69, 9.17) is 0 Å². The van der Waals surface area contributed by atoms with Gasteiger partial charge in [0, 0.05) is 37.6 Å². The number of carbonyl (C=O) groups excluding carboxylic acids is 1. The smallest absolute Gasteiger partial charge is 0.329 e. The largest absolute Gasteiger partial charge is 0.337 e. The number of sulfone groups is 1. The number of halogens is 2. The van der Waals surface area contributed by atoms with Gasteiger partial charge in [-0.15, -0.1) is 0 Å². The van der Waals surface area contributed by atoms with Crippen LogP contribution in [0.1, 0.15) is 27.5 Å². The second kappa shape index (κ2) is 8.10. The standard InChI is InChI=1S/C18H19F2N3O3S/c19-18(20)27(25,26)12-13-3-5-14(6-4-13)17(24)23-9-8-22-11-16(23)15-2-1-7-21-10-15/h1-7,10,16,18,22H,8-9,11-12H2. The lowest BCUT2D eigenvalue weighted by Gasteiger charge is -2.36. The molecule has 1 saturated heterocycles. The van der Waals surface area contributed by atoms with Gasteiger partial charge in [0.2, 0.25) is 9.84 Å². The Balaban J connectivity index is 1.78. The molecule has 1 N–H and O–H groups in total. The highest BCUT2D eigenvalue weighted by Gasteiger charge is 2.29. The molecule has 1 aliphatic rings. The first-order valence-electron chi connectivity index (χ1n) is 8.39. The fourth-order valence-corrected chi connectivity index (χ4v) is 3.81. The summed E-state index contributed by atoms with van der Waals surface area (Å²) in [6.07, 6.45) is 3.38. The number of benzene rings is 1. The van der Waals surface area contributed by atoms with Crippen LogP contribution in [0.4, 0.5) is 8.78 Å². The lowest BCUT2D eigenvalue weighted by Crippen LogP contribution is -2.48. The van der Waals surface area contributed by atoms with E-state index in [0.717, 1.165) is 5.56 Å². The van der Waals surface area contributed by atoms with E-state index in [9.17, 15) is 22.0 Å². The molecule has 1 aromatic heterocycles. The SMILES string of the molecule is O=C(c1ccc(CS(=O)(=O)C(F)F)cc1)N1CCNCC1c1cccnc1. The molecule has 3 rings (SSSR count). The molecule has 0 radical (unpaired) electrons. The maximum Gasteiger partial charge on any atom is 0.337 e. The molecule has 6 nitrogen and oxygen atoms in total. The number of pyridine rings is 1. The third-order valence-corrected chi connectivity index (χ3v) is 5.69. The normalized spacial score (nSPS) is 17.9. The fourth-order valence-electron chi connectivity index (χ4n) is 3.02. The fraction of sp³-hybridized carbons (Fsp3) is 0.333. The van der Waals surface area contributed by atoms with E-state index in [1.165, 1.54) is 24.3 Å². The van der Waals surface area contributed by atoms with Gasteiger partial charge in [-0.05, 0) is 29.3 Å². The lowest BCUT2D eigenvalue weighted by atomic mass is 10.0. The number of nitrogens with zero attached hydrogens (tertiary/aromatic N) is 2. The highest BCUT2D eigenvalue weighted by Crippen LogP contribution is 2.24. The van der Waals surface area contributed by atoms with Crippen LogP contribution < -0.4 is 5.32 Å². The number of aromatic nitrogens is 1. The van der Waals surface area contributed by atoms with Crippen LogP contribution in [0.15, 0.2) is 48.8 Å². The van der Waals surface area contributed by atoms with E-state index >= 15 is 0 Å². The number of amides is 1. The molecule has 0 aliphatic carbocycles. The van der Waals surface area contributed by atoms with Crippen molar-refractivity contribution >= 4 is 15.7 Å². The summed E-state index contributed by atoms with van der Waals surface area (Å²) in [6, 6.07) is 9.29. The molecule has 1 aliphatic heterocycles. The highest BCUT2D eigenvalue weighted by molar-refractivity contribution is 7.90. The molecule has 27 heavy (non-hydrogen) atoms. The molecule has 0 saturated carbocycles. The molecular weight excluding hydrogens is 376 g/mol. The van der Waals surface area contributed by atoms with Gasteiger partial charge in [-0.3, -0.25) is 9.78 Å². The molecule has 1 unspecified atom stereocenters. The zero-order valence-corrected chi connectivity index (χ0v) is 15.2. The molecule has 9 heteroatoms. The molecule has 1 aromatic carbocycles. The summed E-state index contributed by atoms with van der Waals surface area (Å²) in [5, 5.41) is 3.26. The number of rotatable bonds is 5. The van der Waals surface area contributed by atoms with Crippen LogP contribution in [-0.2, 0) is 15.6 Å². The second-order valence-electron chi connectivity index (χ2n) is 6.27. The predicted octanol–water partition coefficient (Wildman–Crippen LogP) is 2.01. The van der Waals surface area contributed by atoms with Crippen molar-refractivity contribution in [1.29, 1.82) is 0 Å². The van der Waals surface area contributed by atoms with Crippen LogP contribution in [0.3, 0.4) is 0 Å². The average molecular weight is 395 g/mol. The van der Waals surface area contributed by atoms with E-state index in [0.29, 0.717) is 25.2 Å². The summed E-state index contributed by atoms with van der Waals surface area (Å²) in [5.41, 5.74) is 1.51. The Bertz CT molecular complexity index is 890. The Morgan fingerprint density at radius 2 is 2.00 bits per heavy atom. The van der Waals surface area contributed by atoms with Crippen molar-refractivity contribution in [3.63, 3.8) is 0 Å². The highest BCUT2D eigenvalue weighted by atomic mass is 32.2. The van der Waals surface area contributed by atoms with Gasteiger partial charge in [0.25, 0.3) is 5.91 Å². The first-order chi connectivity index (χ1) is 12.9. The summed E-state index contributed by atoms with van der Waals surface area (Å²) < 4.78 is 47.6. The quantitative estimate of drug-likeness (QED) is 0.838. The van der Waals surface area contributed by atoms with Crippen LogP contribution in [0.2, 0.25) is 0 Å². The van der Waals surface area contributed by atoms with Gasteiger partial charge in [0.1, 0.15) is 0 Å². The van der Waals surface area contributed by atoms with Gasteiger partial charge in [-0.2, -0.15) is 8.78 Å². The number of alkyl halides is 2. The summed E-state index contributed by atoms with van der Waals surface area (Å²) >= 11 is 0. The van der Waals surface area contributed by atoms with E-state index in [2.05, 4.69) is 10.3 Å². The van der Waals surface area contributed by atoms with Crippen molar-refractivity contribution in [2.24, 2.45) is 0 Å². The van der Waals surface area contributed by atoms with Crippen molar-refractivity contribution < 1.29 is 22.0 Å². The Morgan fingerprint density at radius 3 is 2.63 bits per heavy atom. The Kier molecular flexibility index (Phi) is 5.81. The molecule has 2 heterocycles. The maximum absolute atomic E-state index is 12.9. The van der Waals surface area contributed by atoms with Crippen molar-refractivity contribution in [2.75, 3.05) is 19.6 Å². The van der Waals surface area contributed by atoms with E-state index in [1.807, 2.05) is 12.1 Å². The summed E-state index contributed by atoms with van der Waals surface area (Å²) in [5.74, 6) is -4.38. The lowest BCUT2D eigenvalue weighted by molar-refractivity contribution is 0.0634. The number of hydrogen-bond acceptors (Lipinski definition) is 5. The summed E-state index contributed by atoms with van der Waals surface area (Å²) in [6.45, 7) is 1.77. The van der Waals surface area contributed by atoms with Crippen molar-refractivity contribution in [3.8, 4) is 0 Å². The number of piperazine rings is 1. The van der Waals surface area contributed by atoms with Gasteiger partial charge in [0.05, 0.1) is 11.8 Å². The van der Waals surface area contributed by atoms with Crippen molar-refractivity contribution in [2.45, 2.75) is 17.6 Å². The third kappa shape index (κ3) is 4.48. The Hall–Kier alpha value is -2.39. The second-order valence-corrected chi connectivity index (χ2v) is 8.24. The van der Waals surface area contributed by atoms with Crippen LogP contribution in [0.25, 0.3) is 0 Å². The van der Waals surface area contributed by atoms with Crippen LogP contribution in [0, 0.1) is 0 Å². The molecule has 1 atom stereocenters. The topological polar surface area (TPSA) is 79.4 Å². The molecule has 0 bridgehead atoms. The molecule has 144 valence electrons. The monoisotopic (exact) mass is 395 g/mol. The van der Waals surface area contributed by atoms with E-state index in [1.54, 1.807) is 17.3 Å². The minimum Gasteiger partial charge on any atom is -0.329 e. The van der Waals surface area contributed by atoms with Gasteiger partial charge >= 0.3 is 5.76 Å². The van der Waals surface area contributed by atoms with Crippen LogP contribution >= 0.6 is 0 Å². The third-order valence-electron chi connectivity index (χ3n) is 4.41. The summed E-state index contributed by atoms with van der Waals surface area (Å²) in [7, 11) is -4.49. The van der Waals surface area contributed by atoms with Gasteiger partial charge in [-0.1, -0.05) is 18.2 Å². The molecule has 2 aromatic rings. The van der Waals surface area contributed by atoms with Crippen LogP contribution in [-0.4, -0.2) is 49.6 Å². The first kappa shape index (κ1) is 19.4. The number of nitrogens with one attached hydrogen (secondary N) is 1. The van der Waals surface area contributed by atoms with Crippen molar-refractivity contribution in [1.82, 2.24) is 15.2 Å². The Labute approximate surface area is 156 Å². The number of carbonyl (C=O) groups is 1. The van der Waals surface area contributed by atoms with Gasteiger partial charge in [-0.25, -0.2) is 8.42 Å². The van der Waals surface area contributed by atoms with Crippen molar-refractivity contribution in [3.05, 3.63) is 65.5 Å². The summed E-state index contributed by atoms with van der Waals surface area (Å²) in [4.78, 5) is 18.8. The minimum atomic E-state index is -4.49. The average Bonchev–Trinajstić information content (AvgIpc) is 2.68. The van der Waals surface area contributed by atoms with Gasteiger partial charge in [0.15, 0.2) is 0 Å². The Morgan fingerprint density at radius 1 is 1.26 bits per heavy atom.